The Morgan fingerprint density at radius 1 is 0.640 bits per heavy atom. The van der Waals surface area contributed by atoms with Gasteiger partial charge in [-0.05, 0) is 0 Å². The van der Waals surface area contributed by atoms with Gasteiger partial charge in [-0.1, -0.05) is 0 Å². The van der Waals surface area contributed by atoms with E-state index in [-0.39, 0.29) is 24.8 Å². The monoisotopic (exact) mass is 446 g/mol. The maximum atomic E-state index is 2.45. The Bertz CT molecular complexity index is 793. The van der Waals surface area contributed by atoms with Crippen molar-refractivity contribution >= 4 is 12.2 Å². The van der Waals surface area contributed by atoms with Crippen molar-refractivity contribution in [3.05, 3.63) is 80.9 Å². The normalized spacial score (nSPS) is 19.7. The summed E-state index contributed by atoms with van der Waals surface area (Å²) in [5, 5.41) is 0. The number of allylic oxidation sites excluding steroid dienone is 2. The zero-order chi connectivity index (χ0) is 16.1. The first-order valence-electron chi connectivity index (χ1n) is 8.37. The molecule has 0 N–H and O–H groups in total. The zero-order valence-electron chi connectivity index (χ0n) is 15.0. The Labute approximate surface area is 175 Å². The molecule has 3 heteroatoms. The quantitative estimate of drug-likeness (QED) is 0.608. The number of benzene rings is 2. The van der Waals surface area contributed by atoms with Gasteiger partial charge in [0.1, 0.15) is 0 Å². The van der Waals surface area contributed by atoms with Crippen LogP contribution in [0.2, 0.25) is 0 Å². The summed E-state index contributed by atoms with van der Waals surface area (Å²) in [4.78, 5) is 0. The van der Waals surface area contributed by atoms with Crippen LogP contribution in [0.1, 0.15) is 54.5 Å². The van der Waals surface area contributed by atoms with Gasteiger partial charge in [-0.3, -0.25) is 0 Å². The fraction of sp³-hybridized carbons (Fsp3) is 0.273. The van der Waals surface area contributed by atoms with Crippen molar-refractivity contribution in [2.75, 3.05) is 0 Å². The van der Waals surface area contributed by atoms with Crippen molar-refractivity contribution in [3.63, 3.8) is 0 Å². The van der Waals surface area contributed by atoms with Crippen LogP contribution in [-0.4, -0.2) is 0 Å². The van der Waals surface area contributed by atoms with Gasteiger partial charge in [-0.25, -0.2) is 0 Å². The first-order valence-corrected chi connectivity index (χ1v) is 11.2. The van der Waals surface area contributed by atoms with E-state index in [0.717, 1.165) is 7.25 Å². The van der Waals surface area contributed by atoms with E-state index in [1.165, 1.54) is 22.3 Å². The summed E-state index contributed by atoms with van der Waals surface area (Å²) >= 11 is -0.655. The summed E-state index contributed by atoms with van der Waals surface area (Å²) in [5.74, 6) is 0. The molecule has 128 valence electrons. The van der Waals surface area contributed by atoms with Crippen LogP contribution in [0.3, 0.4) is 0 Å². The third kappa shape index (κ3) is 3.49. The Balaban J connectivity index is 0.00000113. The van der Waals surface area contributed by atoms with E-state index in [0.29, 0.717) is 0 Å². The Morgan fingerprint density at radius 2 is 1.04 bits per heavy atom. The van der Waals surface area contributed by atoms with Crippen LogP contribution in [0.25, 0.3) is 12.2 Å². The van der Waals surface area contributed by atoms with Gasteiger partial charge in [0.15, 0.2) is 0 Å². The van der Waals surface area contributed by atoms with Crippen molar-refractivity contribution in [1.29, 1.82) is 0 Å². The van der Waals surface area contributed by atoms with Gasteiger partial charge in [-0.2, -0.15) is 0 Å². The average Bonchev–Trinajstić information content (AvgIpc) is 3.01. The molecule has 0 bridgehead atoms. The van der Waals surface area contributed by atoms with Gasteiger partial charge < -0.3 is 24.8 Å². The molecule has 0 aromatic heterocycles. The molecule has 2 aromatic rings. The van der Waals surface area contributed by atoms with Crippen molar-refractivity contribution in [2.45, 2.75) is 34.9 Å². The predicted molar refractivity (Wildman–Crippen MR) is 95.1 cm³/mol. The van der Waals surface area contributed by atoms with Crippen LogP contribution >= 0.6 is 0 Å². The topological polar surface area (TPSA) is 0 Å². The van der Waals surface area contributed by atoms with Crippen molar-refractivity contribution in [1.82, 2.24) is 0 Å². The molecule has 0 heterocycles. The molecule has 0 saturated heterocycles. The molecule has 4 rings (SSSR count). The molecular weight excluding hydrogens is 426 g/mol. The number of hydrogen-bond donors (Lipinski definition) is 0. The van der Waals surface area contributed by atoms with Crippen LogP contribution in [0.5, 0.6) is 0 Å². The summed E-state index contributed by atoms with van der Waals surface area (Å²) in [7, 11) is 0. The summed E-state index contributed by atoms with van der Waals surface area (Å²) in [6.45, 7) is 9.18. The molecular formula is C22H22Cl2Zr. The van der Waals surface area contributed by atoms with E-state index < -0.39 is 23.2 Å². The SMILES string of the molecule is CC1=Cc2c(C)cccc2[CH]1[Zr+2][CH]1C(C)=Cc2c(C)cccc21.[Cl-].[Cl-]. The van der Waals surface area contributed by atoms with Crippen molar-refractivity contribution in [3.8, 4) is 0 Å². The summed E-state index contributed by atoms with van der Waals surface area (Å²) < 4.78 is 1.46. The minimum Gasteiger partial charge on any atom is -1.00 e. The molecule has 25 heavy (non-hydrogen) atoms. The molecule has 0 saturated carbocycles. The van der Waals surface area contributed by atoms with Crippen LogP contribution < -0.4 is 24.8 Å². The molecule has 2 unspecified atom stereocenters. The molecule has 0 nitrogen and oxygen atoms in total. The molecule has 0 radical (unpaired) electrons. The number of hydrogen-bond acceptors (Lipinski definition) is 0. The molecule has 2 aliphatic rings. The van der Waals surface area contributed by atoms with E-state index >= 15 is 0 Å². The Morgan fingerprint density at radius 3 is 1.44 bits per heavy atom. The first-order chi connectivity index (χ1) is 11.1. The maximum Gasteiger partial charge on any atom is -1.00 e. The van der Waals surface area contributed by atoms with Crippen molar-refractivity contribution < 1.29 is 48.0 Å². The molecule has 2 atom stereocenters. The van der Waals surface area contributed by atoms with Crippen LogP contribution in [0.15, 0.2) is 47.5 Å². The van der Waals surface area contributed by atoms with Crippen LogP contribution in [0, 0.1) is 13.8 Å². The standard InChI is InChI=1S/2C11H11.2ClH.Zr/c2*1-8-6-10-5-3-4-9(2)11(10)7-8;;;/h2*3-7H,1-2H3;2*1H;/q;;;;+2/p-2. The summed E-state index contributed by atoms with van der Waals surface area (Å²) in [5.41, 5.74) is 12.2. The fourth-order valence-corrected chi connectivity index (χ4v) is 8.67. The van der Waals surface area contributed by atoms with Crippen LogP contribution in [-0.2, 0) is 23.2 Å². The van der Waals surface area contributed by atoms with Gasteiger partial charge in [0.05, 0.1) is 0 Å². The van der Waals surface area contributed by atoms with Gasteiger partial charge in [0, 0.05) is 0 Å². The summed E-state index contributed by atoms with van der Waals surface area (Å²) in [6, 6.07) is 13.7. The predicted octanol–water partition coefficient (Wildman–Crippen LogP) is 0.0101. The Hall–Kier alpha value is -0.617. The van der Waals surface area contributed by atoms with E-state index in [1.807, 2.05) is 0 Å². The Kier molecular flexibility index (Phi) is 6.58. The second-order valence-electron chi connectivity index (χ2n) is 6.97. The van der Waals surface area contributed by atoms with Gasteiger partial charge in [0.2, 0.25) is 0 Å². The molecule has 0 aliphatic heterocycles. The average molecular weight is 449 g/mol. The van der Waals surface area contributed by atoms with E-state index in [2.05, 4.69) is 76.2 Å². The largest absolute Gasteiger partial charge is 1.00 e. The fourth-order valence-electron chi connectivity index (χ4n) is 4.03. The van der Waals surface area contributed by atoms with Crippen LogP contribution in [0.4, 0.5) is 0 Å². The second-order valence-corrected chi connectivity index (χ2v) is 10.6. The minimum absolute atomic E-state index is 0. The first kappa shape index (κ1) is 20.7. The smallest absolute Gasteiger partial charge is 1.00 e. The van der Waals surface area contributed by atoms with Gasteiger partial charge in [0.25, 0.3) is 0 Å². The van der Waals surface area contributed by atoms with Crippen molar-refractivity contribution in [2.24, 2.45) is 0 Å². The summed E-state index contributed by atoms with van der Waals surface area (Å²) in [6.07, 6.45) is 4.89. The number of halogens is 2. The van der Waals surface area contributed by atoms with Gasteiger partial charge in [-0.15, -0.1) is 0 Å². The number of rotatable bonds is 2. The second kappa shape index (κ2) is 7.95. The minimum atomic E-state index is -0.655. The molecule has 0 fully saturated rings. The maximum absolute atomic E-state index is 2.45. The third-order valence-corrected chi connectivity index (χ3v) is 10.7. The number of aryl methyl sites for hydroxylation is 2. The molecule has 0 spiro atoms. The molecule has 2 aromatic carbocycles. The van der Waals surface area contributed by atoms with Gasteiger partial charge >= 0.3 is 151 Å². The van der Waals surface area contributed by atoms with E-state index in [9.17, 15) is 0 Å². The molecule has 0 amide bonds. The van der Waals surface area contributed by atoms with E-state index in [4.69, 9.17) is 0 Å². The number of fused-ring (bicyclic) bond motifs is 2. The molecule has 2 aliphatic carbocycles. The zero-order valence-corrected chi connectivity index (χ0v) is 19.0. The van der Waals surface area contributed by atoms with E-state index in [1.54, 1.807) is 22.3 Å². The third-order valence-electron chi connectivity index (χ3n) is 5.33.